The molecule has 0 aliphatic carbocycles. The van der Waals surface area contributed by atoms with E-state index in [1.54, 1.807) is 31.2 Å². The van der Waals surface area contributed by atoms with Crippen molar-refractivity contribution >= 4 is 11.9 Å². The Morgan fingerprint density at radius 3 is 2.57 bits per heavy atom. The highest BCUT2D eigenvalue weighted by Crippen LogP contribution is 2.36. The largest absolute Gasteiger partial charge is 0.465 e. The molecule has 0 saturated heterocycles. The van der Waals surface area contributed by atoms with Gasteiger partial charge in [-0.3, -0.25) is 4.79 Å². The van der Waals surface area contributed by atoms with Crippen LogP contribution in [0.15, 0.2) is 39.5 Å². The molecule has 2 heterocycles. The maximum absolute atomic E-state index is 12.2. The summed E-state index contributed by atoms with van der Waals surface area (Å²) in [5, 5.41) is 0. The molecule has 1 aromatic heterocycles. The number of rotatable bonds is 2. The van der Waals surface area contributed by atoms with E-state index in [1.807, 2.05) is 0 Å². The Labute approximate surface area is 131 Å². The van der Waals surface area contributed by atoms with Crippen molar-refractivity contribution in [2.45, 2.75) is 19.3 Å². The Morgan fingerprint density at radius 2 is 1.91 bits per heavy atom. The molecule has 6 nitrogen and oxygen atoms in total. The summed E-state index contributed by atoms with van der Waals surface area (Å²) in [4.78, 5) is 35.5. The van der Waals surface area contributed by atoms with Crippen LogP contribution in [0.2, 0.25) is 0 Å². The highest BCUT2D eigenvalue weighted by Gasteiger charge is 2.32. The molecule has 3 rings (SSSR count). The number of methoxy groups -OCH3 is 1. The van der Waals surface area contributed by atoms with Crippen molar-refractivity contribution in [1.82, 2.24) is 0 Å². The summed E-state index contributed by atoms with van der Waals surface area (Å²) < 4.78 is 14.9. The fourth-order valence-corrected chi connectivity index (χ4v) is 2.68. The minimum atomic E-state index is -0.519. The van der Waals surface area contributed by atoms with E-state index < -0.39 is 23.5 Å². The van der Waals surface area contributed by atoms with E-state index in [2.05, 4.69) is 4.74 Å². The normalized spacial score (nSPS) is 16.4. The molecule has 23 heavy (non-hydrogen) atoms. The number of hydrogen-bond acceptors (Lipinski definition) is 6. The van der Waals surface area contributed by atoms with Crippen molar-refractivity contribution in [3.8, 4) is 5.75 Å². The zero-order valence-corrected chi connectivity index (χ0v) is 12.6. The third kappa shape index (κ3) is 2.75. The molecule has 0 saturated carbocycles. The molecular weight excluding hydrogens is 300 g/mol. The van der Waals surface area contributed by atoms with Gasteiger partial charge >= 0.3 is 17.6 Å². The Kier molecular flexibility index (Phi) is 3.73. The molecule has 1 aliphatic heterocycles. The van der Waals surface area contributed by atoms with Crippen LogP contribution < -0.4 is 10.4 Å². The summed E-state index contributed by atoms with van der Waals surface area (Å²) in [6, 6.07) is 8.11. The number of fused-ring (bicyclic) bond motifs is 1. The van der Waals surface area contributed by atoms with Gasteiger partial charge in [-0.1, -0.05) is 12.1 Å². The van der Waals surface area contributed by atoms with Gasteiger partial charge in [0.1, 0.15) is 11.5 Å². The smallest absolute Gasteiger partial charge is 0.343 e. The zero-order valence-electron chi connectivity index (χ0n) is 12.6. The quantitative estimate of drug-likeness (QED) is 0.790. The Balaban J connectivity index is 2.06. The van der Waals surface area contributed by atoms with E-state index in [4.69, 9.17) is 9.15 Å². The molecule has 1 atom stereocenters. The lowest BCUT2D eigenvalue weighted by molar-refractivity contribution is -0.135. The Bertz CT molecular complexity index is 831. The van der Waals surface area contributed by atoms with Gasteiger partial charge in [-0.05, 0) is 24.6 Å². The van der Waals surface area contributed by atoms with E-state index in [9.17, 15) is 14.4 Å². The first-order valence-corrected chi connectivity index (χ1v) is 7.03. The first-order valence-electron chi connectivity index (χ1n) is 7.03. The van der Waals surface area contributed by atoms with Gasteiger partial charge in [-0.25, -0.2) is 9.59 Å². The lowest BCUT2D eigenvalue weighted by Gasteiger charge is -2.23. The second kappa shape index (κ2) is 5.72. The lowest BCUT2D eigenvalue weighted by Crippen LogP contribution is -2.26. The highest BCUT2D eigenvalue weighted by atomic mass is 16.5. The number of ether oxygens (including phenoxy) is 2. The van der Waals surface area contributed by atoms with Crippen LogP contribution in [0, 0.1) is 6.92 Å². The molecule has 0 radical (unpaired) electrons. The molecule has 118 valence electrons. The average Bonchev–Trinajstić information content (AvgIpc) is 2.52. The zero-order chi connectivity index (χ0) is 16.6. The summed E-state index contributed by atoms with van der Waals surface area (Å²) in [5.74, 6) is -0.713. The predicted molar refractivity (Wildman–Crippen MR) is 79.6 cm³/mol. The van der Waals surface area contributed by atoms with E-state index in [0.29, 0.717) is 16.9 Å². The van der Waals surface area contributed by atoms with Crippen LogP contribution in [-0.4, -0.2) is 19.0 Å². The molecule has 0 N–H and O–H groups in total. The molecule has 6 heteroatoms. The lowest BCUT2D eigenvalue weighted by atomic mass is 9.87. The average molecular weight is 314 g/mol. The fraction of sp³-hybridized carbons (Fsp3) is 0.235. The number of esters is 2. The van der Waals surface area contributed by atoms with E-state index >= 15 is 0 Å². The number of hydrogen-bond donors (Lipinski definition) is 0. The van der Waals surface area contributed by atoms with Crippen LogP contribution in [-0.2, 0) is 9.53 Å². The number of benzene rings is 1. The van der Waals surface area contributed by atoms with E-state index in [1.165, 1.54) is 13.2 Å². The number of aryl methyl sites for hydroxylation is 1. The maximum Gasteiger partial charge on any atom is 0.343 e. The summed E-state index contributed by atoms with van der Waals surface area (Å²) >= 11 is 0. The Morgan fingerprint density at radius 1 is 1.22 bits per heavy atom. The first-order chi connectivity index (χ1) is 11.0. The van der Waals surface area contributed by atoms with Crippen molar-refractivity contribution in [3.63, 3.8) is 0 Å². The van der Waals surface area contributed by atoms with Gasteiger partial charge in [-0.2, -0.15) is 0 Å². The molecule has 1 aromatic carbocycles. The van der Waals surface area contributed by atoms with Crippen LogP contribution in [0.5, 0.6) is 5.75 Å². The predicted octanol–water partition coefficient (Wildman–Crippen LogP) is 2.18. The molecule has 0 amide bonds. The van der Waals surface area contributed by atoms with Gasteiger partial charge in [0.2, 0.25) is 0 Å². The molecule has 0 fully saturated rings. The monoisotopic (exact) mass is 314 g/mol. The highest BCUT2D eigenvalue weighted by molar-refractivity contribution is 5.89. The van der Waals surface area contributed by atoms with Gasteiger partial charge in [0.25, 0.3) is 0 Å². The summed E-state index contributed by atoms with van der Waals surface area (Å²) in [6.07, 6.45) is 0.0401. The van der Waals surface area contributed by atoms with Crippen LogP contribution >= 0.6 is 0 Å². The minimum absolute atomic E-state index is 0.0401. The molecule has 2 aromatic rings. The topological polar surface area (TPSA) is 82.8 Å². The van der Waals surface area contributed by atoms with Gasteiger partial charge < -0.3 is 13.9 Å². The summed E-state index contributed by atoms with van der Waals surface area (Å²) in [5.41, 5.74) is 0.924. The van der Waals surface area contributed by atoms with E-state index in [-0.39, 0.29) is 12.2 Å². The van der Waals surface area contributed by atoms with Crippen molar-refractivity contribution < 1.29 is 23.5 Å². The fourth-order valence-electron chi connectivity index (χ4n) is 2.68. The third-order valence-corrected chi connectivity index (χ3v) is 3.75. The van der Waals surface area contributed by atoms with Crippen LogP contribution in [0.4, 0.5) is 0 Å². The van der Waals surface area contributed by atoms with Gasteiger partial charge in [0, 0.05) is 12.0 Å². The standard InChI is InChI=1S/C17H14O6/c1-9-7-13-15(17(20)22-9)12(8-14(18)23-13)10-3-5-11(6-4-10)16(19)21-2/h3-7,12H,8H2,1-2H3/t12-/m1/s1. The first kappa shape index (κ1) is 15.0. The second-order valence-corrected chi connectivity index (χ2v) is 5.27. The van der Waals surface area contributed by atoms with Crippen molar-refractivity contribution in [1.29, 1.82) is 0 Å². The van der Waals surface area contributed by atoms with Crippen molar-refractivity contribution in [2.24, 2.45) is 0 Å². The number of carbonyl (C=O) groups is 2. The van der Waals surface area contributed by atoms with E-state index in [0.717, 1.165) is 5.56 Å². The third-order valence-electron chi connectivity index (χ3n) is 3.75. The molecule has 0 unspecified atom stereocenters. The summed E-state index contributed by atoms with van der Waals surface area (Å²) in [7, 11) is 1.30. The second-order valence-electron chi connectivity index (χ2n) is 5.27. The van der Waals surface area contributed by atoms with Gasteiger partial charge in [0.15, 0.2) is 0 Å². The Hall–Kier alpha value is -2.89. The van der Waals surface area contributed by atoms with Crippen LogP contribution in [0.25, 0.3) is 0 Å². The van der Waals surface area contributed by atoms with Crippen molar-refractivity contribution in [2.75, 3.05) is 7.11 Å². The SMILES string of the molecule is COC(=O)c1ccc([C@H]2CC(=O)Oc3cc(C)oc(=O)c32)cc1. The van der Waals surface area contributed by atoms with Crippen molar-refractivity contribution in [3.05, 3.63) is 63.2 Å². The molecule has 1 aliphatic rings. The van der Waals surface area contributed by atoms with Gasteiger partial charge in [-0.15, -0.1) is 0 Å². The molecule has 0 bridgehead atoms. The minimum Gasteiger partial charge on any atom is -0.465 e. The van der Waals surface area contributed by atoms with Gasteiger partial charge in [0.05, 0.1) is 24.7 Å². The van der Waals surface area contributed by atoms with Crippen LogP contribution in [0.1, 0.15) is 39.6 Å². The molecular formula is C17H14O6. The van der Waals surface area contributed by atoms with Crippen LogP contribution in [0.3, 0.4) is 0 Å². The molecule has 0 spiro atoms. The summed E-state index contributed by atoms with van der Waals surface area (Å²) in [6.45, 7) is 1.62. The maximum atomic E-state index is 12.2. The number of carbonyl (C=O) groups excluding carboxylic acids is 2.